The molecule has 2 rings (SSSR count). The Morgan fingerprint density at radius 3 is 2.93 bits per heavy atom. The van der Waals surface area contributed by atoms with E-state index in [4.69, 9.17) is 6.42 Å². The molecule has 4 unspecified atom stereocenters. The van der Waals surface area contributed by atoms with Gasteiger partial charge in [-0.2, -0.15) is 0 Å². The number of unbranched alkanes of at least 4 members (excludes halogenated alkanes) is 1. The maximum absolute atomic E-state index is 5.23. The predicted octanol–water partition coefficient (Wildman–Crippen LogP) is 2.59. The average molecular weight is 203 g/mol. The SMILES string of the molecule is C#CCCCNC(C)C1CC2C=CC1C2. The van der Waals surface area contributed by atoms with Crippen molar-refractivity contribution in [3.8, 4) is 12.3 Å². The summed E-state index contributed by atoms with van der Waals surface area (Å²) < 4.78 is 0. The summed E-state index contributed by atoms with van der Waals surface area (Å²) in [6, 6.07) is 0.655. The molecule has 0 aromatic carbocycles. The van der Waals surface area contributed by atoms with E-state index in [2.05, 4.69) is 30.3 Å². The van der Waals surface area contributed by atoms with Crippen LogP contribution < -0.4 is 5.32 Å². The fraction of sp³-hybridized carbons (Fsp3) is 0.714. The first-order chi connectivity index (χ1) is 7.31. The first kappa shape index (κ1) is 10.8. The van der Waals surface area contributed by atoms with Gasteiger partial charge in [-0.15, -0.1) is 12.3 Å². The number of allylic oxidation sites excluding steroid dienone is 2. The fourth-order valence-electron chi connectivity index (χ4n) is 3.07. The lowest BCUT2D eigenvalue weighted by atomic mass is 9.87. The Morgan fingerprint density at radius 1 is 1.47 bits per heavy atom. The van der Waals surface area contributed by atoms with Crippen molar-refractivity contribution in [2.75, 3.05) is 6.54 Å². The number of terminal acetylenes is 1. The molecule has 1 heteroatoms. The van der Waals surface area contributed by atoms with E-state index in [9.17, 15) is 0 Å². The molecule has 0 radical (unpaired) electrons. The molecular weight excluding hydrogens is 182 g/mol. The van der Waals surface area contributed by atoms with Crippen LogP contribution in [0.25, 0.3) is 0 Å². The van der Waals surface area contributed by atoms with Crippen LogP contribution in [-0.4, -0.2) is 12.6 Å². The second kappa shape index (κ2) is 4.86. The smallest absolute Gasteiger partial charge is 0.00981 e. The van der Waals surface area contributed by atoms with Crippen LogP contribution >= 0.6 is 0 Å². The minimum atomic E-state index is 0.655. The average Bonchev–Trinajstić information content (AvgIpc) is 2.85. The van der Waals surface area contributed by atoms with Gasteiger partial charge in [0.25, 0.3) is 0 Å². The molecule has 0 saturated heterocycles. The lowest BCUT2D eigenvalue weighted by molar-refractivity contribution is 0.327. The van der Waals surface area contributed by atoms with Gasteiger partial charge in [-0.1, -0.05) is 12.2 Å². The molecule has 0 aromatic heterocycles. The van der Waals surface area contributed by atoms with Gasteiger partial charge in [-0.05, 0) is 50.5 Å². The molecule has 82 valence electrons. The van der Waals surface area contributed by atoms with E-state index in [1.807, 2.05) is 0 Å². The van der Waals surface area contributed by atoms with Gasteiger partial charge < -0.3 is 5.32 Å². The predicted molar refractivity (Wildman–Crippen MR) is 64.4 cm³/mol. The van der Waals surface area contributed by atoms with E-state index in [-0.39, 0.29) is 0 Å². The Bertz CT molecular complexity index is 274. The molecule has 1 saturated carbocycles. The van der Waals surface area contributed by atoms with E-state index in [0.717, 1.165) is 37.1 Å². The van der Waals surface area contributed by atoms with E-state index in [1.165, 1.54) is 12.8 Å². The van der Waals surface area contributed by atoms with Gasteiger partial charge in [0.05, 0.1) is 0 Å². The third-order valence-electron chi connectivity index (χ3n) is 3.94. The highest BCUT2D eigenvalue weighted by Gasteiger charge is 2.37. The van der Waals surface area contributed by atoms with Gasteiger partial charge in [0.15, 0.2) is 0 Å². The third-order valence-corrected chi connectivity index (χ3v) is 3.94. The highest BCUT2D eigenvalue weighted by Crippen LogP contribution is 2.44. The zero-order valence-corrected chi connectivity index (χ0v) is 9.58. The van der Waals surface area contributed by atoms with Crippen LogP contribution in [0.1, 0.15) is 32.6 Å². The van der Waals surface area contributed by atoms with Gasteiger partial charge in [-0.3, -0.25) is 0 Å². The monoisotopic (exact) mass is 203 g/mol. The zero-order chi connectivity index (χ0) is 10.7. The molecule has 2 aliphatic carbocycles. The first-order valence-corrected chi connectivity index (χ1v) is 6.16. The van der Waals surface area contributed by atoms with Crippen molar-refractivity contribution in [3.05, 3.63) is 12.2 Å². The van der Waals surface area contributed by atoms with Crippen molar-refractivity contribution < 1.29 is 0 Å². The molecule has 4 atom stereocenters. The van der Waals surface area contributed by atoms with E-state index >= 15 is 0 Å². The maximum atomic E-state index is 5.23. The van der Waals surface area contributed by atoms with Crippen LogP contribution in [0.2, 0.25) is 0 Å². The quantitative estimate of drug-likeness (QED) is 0.411. The number of hydrogen-bond acceptors (Lipinski definition) is 1. The van der Waals surface area contributed by atoms with Crippen LogP contribution in [0, 0.1) is 30.1 Å². The molecule has 0 heterocycles. The Hall–Kier alpha value is -0.740. The second-order valence-electron chi connectivity index (χ2n) is 4.99. The Morgan fingerprint density at radius 2 is 2.33 bits per heavy atom. The molecule has 0 aliphatic heterocycles. The standard InChI is InChI=1S/C14H21N/c1-3-4-5-8-15-11(2)14-10-12-6-7-13(14)9-12/h1,6-7,11-15H,4-5,8-10H2,2H3. The van der Waals surface area contributed by atoms with Crippen LogP contribution in [0.3, 0.4) is 0 Å². The highest BCUT2D eigenvalue weighted by molar-refractivity contribution is 5.11. The highest BCUT2D eigenvalue weighted by atomic mass is 14.9. The molecular formula is C14H21N. The number of rotatable bonds is 5. The van der Waals surface area contributed by atoms with Gasteiger partial charge in [0.2, 0.25) is 0 Å². The molecule has 0 spiro atoms. The summed E-state index contributed by atoms with van der Waals surface area (Å²) in [5.74, 6) is 5.29. The Labute approximate surface area is 93.3 Å². The summed E-state index contributed by atoms with van der Waals surface area (Å²) in [6.45, 7) is 3.40. The molecule has 2 bridgehead atoms. The molecule has 1 N–H and O–H groups in total. The number of fused-ring (bicyclic) bond motifs is 2. The summed E-state index contributed by atoms with van der Waals surface area (Å²) in [5, 5.41) is 3.61. The summed E-state index contributed by atoms with van der Waals surface area (Å²) >= 11 is 0. The normalized spacial score (nSPS) is 34.3. The van der Waals surface area contributed by atoms with Crippen LogP contribution in [0.15, 0.2) is 12.2 Å². The lowest BCUT2D eigenvalue weighted by Crippen LogP contribution is -2.36. The van der Waals surface area contributed by atoms with Crippen molar-refractivity contribution in [3.63, 3.8) is 0 Å². The Balaban J connectivity index is 1.70. The number of nitrogens with one attached hydrogen (secondary N) is 1. The van der Waals surface area contributed by atoms with E-state index in [1.54, 1.807) is 0 Å². The first-order valence-electron chi connectivity index (χ1n) is 6.16. The molecule has 0 aromatic rings. The van der Waals surface area contributed by atoms with Gasteiger partial charge in [0.1, 0.15) is 0 Å². The summed E-state index contributed by atoms with van der Waals surface area (Å²) in [6.07, 6.45) is 14.9. The maximum Gasteiger partial charge on any atom is 0.00981 e. The molecule has 1 nitrogen and oxygen atoms in total. The Kier molecular flexibility index (Phi) is 3.49. The van der Waals surface area contributed by atoms with Crippen molar-refractivity contribution in [1.82, 2.24) is 5.32 Å². The van der Waals surface area contributed by atoms with Crippen LogP contribution in [0.5, 0.6) is 0 Å². The van der Waals surface area contributed by atoms with Gasteiger partial charge in [-0.25, -0.2) is 0 Å². The van der Waals surface area contributed by atoms with Crippen LogP contribution in [0.4, 0.5) is 0 Å². The summed E-state index contributed by atoms with van der Waals surface area (Å²) in [7, 11) is 0. The molecule has 2 aliphatic rings. The lowest BCUT2D eigenvalue weighted by Gasteiger charge is -2.26. The van der Waals surface area contributed by atoms with E-state index in [0.29, 0.717) is 6.04 Å². The fourth-order valence-corrected chi connectivity index (χ4v) is 3.07. The largest absolute Gasteiger partial charge is 0.314 e. The zero-order valence-electron chi connectivity index (χ0n) is 9.58. The third kappa shape index (κ3) is 2.44. The van der Waals surface area contributed by atoms with Crippen molar-refractivity contribution >= 4 is 0 Å². The molecule has 1 fully saturated rings. The summed E-state index contributed by atoms with van der Waals surface area (Å²) in [5.41, 5.74) is 0. The minimum absolute atomic E-state index is 0.655. The topological polar surface area (TPSA) is 12.0 Å². The van der Waals surface area contributed by atoms with Crippen LogP contribution in [-0.2, 0) is 0 Å². The molecule has 15 heavy (non-hydrogen) atoms. The van der Waals surface area contributed by atoms with Crippen molar-refractivity contribution in [1.29, 1.82) is 0 Å². The van der Waals surface area contributed by atoms with Crippen molar-refractivity contribution in [2.24, 2.45) is 17.8 Å². The van der Waals surface area contributed by atoms with Gasteiger partial charge >= 0.3 is 0 Å². The van der Waals surface area contributed by atoms with Crippen molar-refractivity contribution in [2.45, 2.75) is 38.6 Å². The second-order valence-corrected chi connectivity index (χ2v) is 4.99. The molecule has 0 amide bonds. The van der Waals surface area contributed by atoms with E-state index < -0.39 is 0 Å². The minimum Gasteiger partial charge on any atom is -0.314 e. The van der Waals surface area contributed by atoms with Gasteiger partial charge in [0, 0.05) is 12.5 Å². The summed E-state index contributed by atoms with van der Waals surface area (Å²) in [4.78, 5) is 0. The number of hydrogen-bond donors (Lipinski definition) is 1.